The first-order valence-electron chi connectivity index (χ1n) is 4.53. The van der Waals surface area contributed by atoms with Crippen LogP contribution in [0, 0.1) is 5.92 Å². The summed E-state index contributed by atoms with van der Waals surface area (Å²) in [6.45, 7) is 3.44. The van der Waals surface area contributed by atoms with Gasteiger partial charge in [0.05, 0.1) is 5.00 Å². The first-order chi connectivity index (χ1) is 6.34. The van der Waals surface area contributed by atoms with E-state index in [-0.39, 0.29) is 0 Å². The average Bonchev–Trinajstić information content (AvgIpc) is 2.71. The monoisotopic (exact) mass is 260 g/mol. The predicted octanol–water partition coefficient (Wildman–Crippen LogP) is 2.53. The zero-order valence-corrected chi connectivity index (χ0v) is 9.75. The second-order valence-corrected chi connectivity index (χ2v) is 5.20. The lowest BCUT2D eigenvalue weighted by atomic mass is 10.1. The standard InChI is InChI=1S/C9H13BrN2S/c10-8-3-9(13-6-8)12-5-7-1-2-11-4-7/h3,6-7,11-12H,1-2,4-5H2. The molecular weight excluding hydrogens is 248 g/mol. The third-order valence-corrected chi connectivity index (χ3v) is 3.94. The van der Waals surface area contributed by atoms with Crippen LogP contribution in [0.2, 0.25) is 0 Å². The Hall–Kier alpha value is -0.0600. The summed E-state index contributed by atoms with van der Waals surface area (Å²) in [6.07, 6.45) is 1.31. The van der Waals surface area contributed by atoms with Crippen LogP contribution in [-0.4, -0.2) is 19.6 Å². The van der Waals surface area contributed by atoms with Gasteiger partial charge in [0.25, 0.3) is 0 Å². The van der Waals surface area contributed by atoms with Crippen LogP contribution in [0.4, 0.5) is 5.00 Å². The number of rotatable bonds is 3. The van der Waals surface area contributed by atoms with Crippen molar-refractivity contribution < 1.29 is 0 Å². The minimum Gasteiger partial charge on any atom is -0.377 e. The highest BCUT2D eigenvalue weighted by molar-refractivity contribution is 9.10. The third kappa shape index (κ3) is 2.69. The molecule has 1 aliphatic rings. The van der Waals surface area contributed by atoms with Gasteiger partial charge in [-0.25, -0.2) is 0 Å². The summed E-state index contributed by atoms with van der Waals surface area (Å²) in [5, 5.41) is 10.2. The molecule has 1 saturated heterocycles. The van der Waals surface area contributed by atoms with Gasteiger partial charge in [-0.15, -0.1) is 11.3 Å². The fraction of sp³-hybridized carbons (Fsp3) is 0.556. The fourth-order valence-electron chi connectivity index (χ4n) is 1.54. The molecule has 1 aliphatic heterocycles. The van der Waals surface area contributed by atoms with Crippen molar-refractivity contribution in [2.45, 2.75) is 6.42 Å². The molecule has 1 aromatic rings. The van der Waals surface area contributed by atoms with E-state index in [1.165, 1.54) is 29.0 Å². The van der Waals surface area contributed by atoms with Gasteiger partial charge in [-0.3, -0.25) is 0 Å². The minimum absolute atomic E-state index is 0.806. The second-order valence-electron chi connectivity index (χ2n) is 3.37. The van der Waals surface area contributed by atoms with Crippen LogP contribution >= 0.6 is 27.3 Å². The largest absolute Gasteiger partial charge is 0.377 e. The van der Waals surface area contributed by atoms with Crippen molar-refractivity contribution in [2.24, 2.45) is 5.92 Å². The zero-order chi connectivity index (χ0) is 9.10. The first kappa shape index (κ1) is 9.49. The van der Waals surface area contributed by atoms with E-state index >= 15 is 0 Å². The van der Waals surface area contributed by atoms with Gasteiger partial charge in [0.1, 0.15) is 0 Å². The number of thiophene rings is 1. The van der Waals surface area contributed by atoms with E-state index in [1.807, 2.05) is 0 Å². The first-order valence-corrected chi connectivity index (χ1v) is 6.20. The van der Waals surface area contributed by atoms with Crippen molar-refractivity contribution in [3.05, 3.63) is 15.9 Å². The quantitative estimate of drug-likeness (QED) is 0.873. The van der Waals surface area contributed by atoms with Gasteiger partial charge in [-0.2, -0.15) is 0 Å². The molecule has 2 nitrogen and oxygen atoms in total. The van der Waals surface area contributed by atoms with Crippen molar-refractivity contribution in [3.63, 3.8) is 0 Å². The lowest BCUT2D eigenvalue weighted by molar-refractivity contribution is 0.616. The molecule has 0 bridgehead atoms. The van der Waals surface area contributed by atoms with E-state index in [0.717, 1.165) is 12.5 Å². The van der Waals surface area contributed by atoms with E-state index in [0.29, 0.717) is 0 Å². The third-order valence-electron chi connectivity index (χ3n) is 2.29. The molecule has 2 heterocycles. The van der Waals surface area contributed by atoms with E-state index in [2.05, 4.69) is 38.0 Å². The van der Waals surface area contributed by atoms with Gasteiger partial charge >= 0.3 is 0 Å². The summed E-state index contributed by atoms with van der Waals surface area (Å²) in [5.74, 6) is 0.806. The average molecular weight is 261 g/mol. The molecule has 0 aromatic carbocycles. The van der Waals surface area contributed by atoms with Crippen LogP contribution in [0.15, 0.2) is 15.9 Å². The van der Waals surface area contributed by atoms with Gasteiger partial charge < -0.3 is 10.6 Å². The van der Waals surface area contributed by atoms with E-state index in [1.54, 1.807) is 11.3 Å². The molecule has 1 atom stereocenters. The number of anilines is 1. The minimum atomic E-state index is 0.806. The topological polar surface area (TPSA) is 24.1 Å². The van der Waals surface area contributed by atoms with E-state index < -0.39 is 0 Å². The van der Waals surface area contributed by atoms with E-state index in [9.17, 15) is 0 Å². The molecule has 1 unspecified atom stereocenters. The maximum absolute atomic E-state index is 3.46. The van der Waals surface area contributed by atoms with Crippen molar-refractivity contribution in [2.75, 3.05) is 25.0 Å². The highest BCUT2D eigenvalue weighted by atomic mass is 79.9. The van der Waals surface area contributed by atoms with Crippen LogP contribution in [0.5, 0.6) is 0 Å². The van der Waals surface area contributed by atoms with Crippen LogP contribution in [-0.2, 0) is 0 Å². The molecule has 2 N–H and O–H groups in total. The number of halogens is 1. The van der Waals surface area contributed by atoms with Gasteiger partial charge in [-0.05, 0) is 47.4 Å². The van der Waals surface area contributed by atoms with Crippen LogP contribution in [0.1, 0.15) is 6.42 Å². The highest BCUT2D eigenvalue weighted by Gasteiger charge is 2.13. The molecule has 13 heavy (non-hydrogen) atoms. The normalized spacial score (nSPS) is 22.1. The van der Waals surface area contributed by atoms with Crippen molar-refractivity contribution in [3.8, 4) is 0 Å². The molecule has 2 rings (SSSR count). The summed E-state index contributed by atoms with van der Waals surface area (Å²) >= 11 is 5.20. The lowest BCUT2D eigenvalue weighted by Gasteiger charge is -2.08. The maximum Gasteiger partial charge on any atom is 0.0894 e. The Balaban J connectivity index is 1.78. The Bertz CT molecular complexity index is 268. The predicted molar refractivity (Wildman–Crippen MR) is 61.5 cm³/mol. The Kier molecular flexibility index (Phi) is 3.24. The van der Waals surface area contributed by atoms with Gasteiger partial charge in [0.2, 0.25) is 0 Å². The Labute approximate surface area is 90.9 Å². The van der Waals surface area contributed by atoms with Crippen LogP contribution in [0.25, 0.3) is 0 Å². The van der Waals surface area contributed by atoms with Gasteiger partial charge in [0.15, 0.2) is 0 Å². The summed E-state index contributed by atoms with van der Waals surface area (Å²) in [5.41, 5.74) is 0. The Morgan fingerprint density at radius 2 is 2.62 bits per heavy atom. The molecule has 0 amide bonds. The second kappa shape index (κ2) is 4.44. The zero-order valence-electron chi connectivity index (χ0n) is 7.35. The lowest BCUT2D eigenvalue weighted by Crippen LogP contribution is -2.16. The molecule has 1 aromatic heterocycles. The number of hydrogen-bond donors (Lipinski definition) is 2. The summed E-state index contributed by atoms with van der Waals surface area (Å²) in [7, 11) is 0. The molecule has 0 aliphatic carbocycles. The van der Waals surface area contributed by atoms with Crippen molar-refractivity contribution in [1.29, 1.82) is 0 Å². The molecule has 1 fully saturated rings. The van der Waals surface area contributed by atoms with E-state index in [4.69, 9.17) is 0 Å². The molecule has 0 radical (unpaired) electrons. The van der Waals surface area contributed by atoms with Crippen LogP contribution < -0.4 is 10.6 Å². The summed E-state index contributed by atoms with van der Waals surface area (Å²) in [4.78, 5) is 0. The fourth-order valence-corrected chi connectivity index (χ4v) is 2.87. The molecule has 72 valence electrons. The molecule has 0 saturated carbocycles. The molecule has 4 heteroatoms. The summed E-state index contributed by atoms with van der Waals surface area (Å²) < 4.78 is 1.17. The molecular formula is C9H13BrN2S. The van der Waals surface area contributed by atoms with Gasteiger partial charge in [-0.1, -0.05) is 0 Å². The van der Waals surface area contributed by atoms with Crippen molar-refractivity contribution in [1.82, 2.24) is 5.32 Å². The maximum atomic E-state index is 3.46. The Morgan fingerprint density at radius 1 is 1.69 bits per heavy atom. The molecule has 0 spiro atoms. The summed E-state index contributed by atoms with van der Waals surface area (Å²) in [6, 6.07) is 2.13. The number of hydrogen-bond acceptors (Lipinski definition) is 3. The Morgan fingerprint density at radius 3 is 3.23 bits per heavy atom. The highest BCUT2D eigenvalue weighted by Crippen LogP contribution is 2.24. The van der Waals surface area contributed by atoms with Crippen LogP contribution in [0.3, 0.4) is 0 Å². The van der Waals surface area contributed by atoms with Gasteiger partial charge in [0, 0.05) is 16.4 Å². The smallest absolute Gasteiger partial charge is 0.0894 e. The SMILES string of the molecule is Brc1csc(NCC2CCNC2)c1. The number of nitrogens with one attached hydrogen (secondary N) is 2. The van der Waals surface area contributed by atoms with Crippen molar-refractivity contribution >= 4 is 32.3 Å².